The quantitative estimate of drug-likeness (QED) is 0.705. The van der Waals surface area contributed by atoms with Crippen molar-refractivity contribution in [3.05, 3.63) is 22.2 Å². The summed E-state index contributed by atoms with van der Waals surface area (Å²) in [5, 5.41) is 3.85. The van der Waals surface area contributed by atoms with Gasteiger partial charge in [-0.2, -0.15) is 0 Å². The predicted molar refractivity (Wildman–Crippen MR) is 104 cm³/mol. The number of nitrogens with one attached hydrogen (secondary N) is 1. The molecule has 0 amide bonds. The summed E-state index contributed by atoms with van der Waals surface area (Å²) < 4.78 is 12.1. The summed E-state index contributed by atoms with van der Waals surface area (Å²) >= 11 is 3.59. The molecule has 4 saturated carbocycles. The smallest absolute Gasteiger partial charge is 0.165 e. The van der Waals surface area contributed by atoms with Crippen LogP contribution in [0.3, 0.4) is 0 Å². The maximum Gasteiger partial charge on any atom is 0.165 e. The van der Waals surface area contributed by atoms with Crippen molar-refractivity contribution in [3.8, 4) is 11.5 Å². The Morgan fingerprint density at radius 1 is 1.08 bits per heavy atom. The number of ether oxygens (including phenoxy) is 2. The van der Waals surface area contributed by atoms with Crippen LogP contribution in [0.15, 0.2) is 16.6 Å². The van der Waals surface area contributed by atoms with Crippen LogP contribution in [0.4, 0.5) is 0 Å². The molecule has 138 valence electrons. The van der Waals surface area contributed by atoms with Gasteiger partial charge in [-0.1, -0.05) is 15.9 Å². The lowest BCUT2D eigenvalue weighted by atomic mass is 9.48. The van der Waals surface area contributed by atoms with Crippen LogP contribution < -0.4 is 14.8 Å². The van der Waals surface area contributed by atoms with Crippen molar-refractivity contribution in [1.29, 1.82) is 0 Å². The summed E-state index contributed by atoms with van der Waals surface area (Å²) in [6.07, 6.45) is 8.82. The topological polar surface area (TPSA) is 30.5 Å². The third kappa shape index (κ3) is 3.21. The van der Waals surface area contributed by atoms with Gasteiger partial charge in [-0.3, -0.25) is 0 Å². The van der Waals surface area contributed by atoms with Gasteiger partial charge in [0, 0.05) is 22.6 Å². The van der Waals surface area contributed by atoms with Gasteiger partial charge < -0.3 is 14.8 Å². The second-order valence-corrected chi connectivity index (χ2v) is 9.60. The van der Waals surface area contributed by atoms with Crippen LogP contribution in [-0.4, -0.2) is 20.3 Å². The van der Waals surface area contributed by atoms with Crippen LogP contribution in [0.1, 0.15) is 51.0 Å². The molecule has 1 aromatic rings. The standard InChI is InChI=1S/C21H30BrNO2/c1-13(21-9-14-4-15(10-21)6-16(5-14)11-21)23-12-17-7-18(22)8-19(24-2)20(17)25-3/h7-8,13-16,23H,4-6,9-12H2,1-3H3. The highest BCUT2D eigenvalue weighted by Gasteiger charge is 2.52. The average Bonchev–Trinajstić information content (AvgIpc) is 2.57. The molecule has 0 spiro atoms. The van der Waals surface area contributed by atoms with E-state index in [4.69, 9.17) is 9.47 Å². The molecule has 4 aliphatic carbocycles. The Morgan fingerprint density at radius 3 is 2.20 bits per heavy atom. The number of hydrogen-bond donors (Lipinski definition) is 1. The lowest BCUT2D eigenvalue weighted by Crippen LogP contribution is -2.54. The lowest BCUT2D eigenvalue weighted by Gasteiger charge is -2.59. The second-order valence-electron chi connectivity index (χ2n) is 8.68. The highest BCUT2D eigenvalue weighted by molar-refractivity contribution is 9.10. The molecule has 3 nitrogen and oxygen atoms in total. The van der Waals surface area contributed by atoms with E-state index in [1.807, 2.05) is 6.07 Å². The molecule has 25 heavy (non-hydrogen) atoms. The molecule has 0 radical (unpaired) electrons. The molecule has 0 aromatic heterocycles. The van der Waals surface area contributed by atoms with Crippen molar-refractivity contribution in [2.45, 2.75) is 58.0 Å². The van der Waals surface area contributed by atoms with Gasteiger partial charge >= 0.3 is 0 Å². The minimum atomic E-state index is 0.526. The molecule has 5 rings (SSSR count). The van der Waals surface area contributed by atoms with Crippen LogP contribution >= 0.6 is 15.9 Å². The van der Waals surface area contributed by atoms with Crippen LogP contribution in [0.2, 0.25) is 0 Å². The molecule has 4 bridgehead atoms. The predicted octanol–water partition coefficient (Wildman–Crippen LogP) is 5.16. The van der Waals surface area contributed by atoms with E-state index in [1.165, 1.54) is 38.5 Å². The first-order valence-electron chi connectivity index (χ1n) is 9.67. The van der Waals surface area contributed by atoms with E-state index in [9.17, 15) is 0 Å². The monoisotopic (exact) mass is 407 g/mol. The molecular formula is C21H30BrNO2. The van der Waals surface area contributed by atoms with E-state index in [1.54, 1.807) is 14.2 Å². The second kappa shape index (κ2) is 6.77. The maximum absolute atomic E-state index is 5.62. The molecule has 1 unspecified atom stereocenters. The lowest BCUT2D eigenvalue weighted by molar-refractivity contribution is -0.0706. The Labute approximate surface area is 160 Å². The third-order valence-electron chi connectivity index (χ3n) is 7.12. The van der Waals surface area contributed by atoms with Gasteiger partial charge in [0.2, 0.25) is 0 Å². The van der Waals surface area contributed by atoms with Crippen LogP contribution in [0, 0.1) is 23.2 Å². The summed E-state index contributed by atoms with van der Waals surface area (Å²) in [6.45, 7) is 3.23. The van der Waals surface area contributed by atoms with E-state index < -0.39 is 0 Å². The molecule has 1 aromatic carbocycles. The summed E-state index contributed by atoms with van der Waals surface area (Å²) in [4.78, 5) is 0. The fraction of sp³-hybridized carbons (Fsp3) is 0.714. The molecule has 1 N–H and O–H groups in total. The Kier molecular flexibility index (Phi) is 4.78. The molecule has 0 saturated heterocycles. The molecule has 0 heterocycles. The SMILES string of the molecule is COc1cc(Br)cc(CNC(C)C23CC4CC(CC(C4)C2)C3)c1OC. The minimum Gasteiger partial charge on any atom is -0.493 e. The first-order chi connectivity index (χ1) is 12.0. The van der Waals surface area contributed by atoms with Gasteiger partial charge in [-0.25, -0.2) is 0 Å². The van der Waals surface area contributed by atoms with E-state index in [-0.39, 0.29) is 0 Å². The summed E-state index contributed by atoms with van der Waals surface area (Å²) in [7, 11) is 3.41. The molecule has 4 heteroatoms. The van der Waals surface area contributed by atoms with Crippen molar-refractivity contribution in [2.24, 2.45) is 23.2 Å². The molecular weight excluding hydrogens is 378 g/mol. The minimum absolute atomic E-state index is 0.526. The molecule has 0 aliphatic heterocycles. The number of methoxy groups -OCH3 is 2. The van der Waals surface area contributed by atoms with Gasteiger partial charge in [0.05, 0.1) is 14.2 Å². The fourth-order valence-corrected chi connectivity index (χ4v) is 6.81. The first-order valence-corrected chi connectivity index (χ1v) is 10.5. The van der Waals surface area contributed by atoms with Gasteiger partial charge in [-0.15, -0.1) is 0 Å². The van der Waals surface area contributed by atoms with Crippen molar-refractivity contribution in [1.82, 2.24) is 5.32 Å². The largest absolute Gasteiger partial charge is 0.493 e. The van der Waals surface area contributed by atoms with Gasteiger partial charge in [-0.05, 0) is 80.8 Å². The summed E-state index contributed by atoms with van der Waals surface area (Å²) in [6, 6.07) is 4.65. The number of hydrogen-bond acceptors (Lipinski definition) is 3. The summed E-state index contributed by atoms with van der Waals surface area (Å²) in [5.74, 6) is 4.62. The van der Waals surface area contributed by atoms with Crippen LogP contribution in [0.25, 0.3) is 0 Å². The van der Waals surface area contributed by atoms with E-state index in [2.05, 4.69) is 34.2 Å². The van der Waals surface area contributed by atoms with Crippen LogP contribution in [0.5, 0.6) is 11.5 Å². The normalized spacial score (nSPS) is 34.2. The number of rotatable bonds is 6. The van der Waals surface area contributed by atoms with Crippen LogP contribution in [-0.2, 0) is 6.54 Å². The zero-order valence-corrected chi connectivity index (χ0v) is 17.2. The van der Waals surface area contributed by atoms with E-state index in [0.29, 0.717) is 11.5 Å². The highest BCUT2D eigenvalue weighted by atomic mass is 79.9. The van der Waals surface area contributed by atoms with Crippen molar-refractivity contribution >= 4 is 15.9 Å². The average molecular weight is 408 g/mol. The number of benzene rings is 1. The summed E-state index contributed by atoms with van der Waals surface area (Å²) in [5.41, 5.74) is 1.68. The zero-order valence-electron chi connectivity index (χ0n) is 15.6. The van der Waals surface area contributed by atoms with Gasteiger partial charge in [0.15, 0.2) is 11.5 Å². The van der Waals surface area contributed by atoms with Gasteiger partial charge in [0.25, 0.3) is 0 Å². The van der Waals surface area contributed by atoms with E-state index in [0.717, 1.165) is 45.8 Å². The maximum atomic E-state index is 5.62. The molecule has 4 fully saturated rings. The fourth-order valence-electron chi connectivity index (χ4n) is 6.32. The molecule has 4 aliphatic rings. The number of halogens is 1. The first kappa shape index (κ1) is 17.7. The Balaban J connectivity index is 1.49. The highest BCUT2D eigenvalue weighted by Crippen LogP contribution is 2.61. The third-order valence-corrected chi connectivity index (χ3v) is 7.58. The Bertz CT molecular complexity index is 610. The Hall–Kier alpha value is -0.740. The van der Waals surface area contributed by atoms with Crippen molar-refractivity contribution in [2.75, 3.05) is 14.2 Å². The van der Waals surface area contributed by atoms with Gasteiger partial charge in [0.1, 0.15) is 0 Å². The zero-order chi connectivity index (χ0) is 17.6. The Morgan fingerprint density at radius 2 is 1.68 bits per heavy atom. The molecule has 1 atom stereocenters. The van der Waals surface area contributed by atoms with Crippen molar-refractivity contribution < 1.29 is 9.47 Å². The van der Waals surface area contributed by atoms with Crippen molar-refractivity contribution in [3.63, 3.8) is 0 Å². The van der Waals surface area contributed by atoms with E-state index >= 15 is 0 Å².